The molecule has 2 aromatic rings. The molecule has 0 radical (unpaired) electrons. The van der Waals surface area contributed by atoms with Crippen LogP contribution >= 0.6 is 11.6 Å². The van der Waals surface area contributed by atoms with Crippen molar-refractivity contribution < 1.29 is 13.6 Å². The molecule has 18 heavy (non-hydrogen) atoms. The number of rotatable bonds is 3. The molecule has 0 aliphatic heterocycles. The van der Waals surface area contributed by atoms with Crippen LogP contribution in [0.4, 0.5) is 8.78 Å². The molecule has 0 spiro atoms. The number of hydrogen-bond acceptors (Lipinski definition) is 1. The summed E-state index contributed by atoms with van der Waals surface area (Å²) in [6, 6.07) is 9.50. The van der Waals surface area contributed by atoms with Gasteiger partial charge in [-0.05, 0) is 24.3 Å². The third-order valence-electron chi connectivity index (χ3n) is 2.55. The molecular formula is C14H9ClF2O. The van der Waals surface area contributed by atoms with Gasteiger partial charge in [0.1, 0.15) is 11.6 Å². The Morgan fingerprint density at radius 1 is 1.11 bits per heavy atom. The predicted molar refractivity (Wildman–Crippen MR) is 65.8 cm³/mol. The second-order valence-electron chi connectivity index (χ2n) is 3.81. The summed E-state index contributed by atoms with van der Waals surface area (Å²) in [6.45, 7) is 0. The molecule has 0 saturated heterocycles. The standard InChI is InChI=1S/C14H9ClF2O/c15-12-5-2-6-13(17)11(12)8-14(18)9-3-1-4-10(16)7-9/h1-7H,8H2. The molecule has 0 N–H and O–H groups in total. The molecule has 0 aliphatic carbocycles. The number of carbonyl (C=O) groups is 1. The Morgan fingerprint density at radius 3 is 2.50 bits per heavy atom. The molecule has 0 bridgehead atoms. The Hall–Kier alpha value is -1.74. The van der Waals surface area contributed by atoms with Crippen molar-refractivity contribution in [1.29, 1.82) is 0 Å². The van der Waals surface area contributed by atoms with Crippen LogP contribution in [0.2, 0.25) is 5.02 Å². The topological polar surface area (TPSA) is 17.1 Å². The Bertz CT molecular complexity index is 576. The molecule has 0 atom stereocenters. The molecule has 92 valence electrons. The van der Waals surface area contributed by atoms with Crippen LogP contribution in [0.1, 0.15) is 15.9 Å². The van der Waals surface area contributed by atoms with E-state index in [9.17, 15) is 13.6 Å². The third-order valence-corrected chi connectivity index (χ3v) is 2.90. The molecule has 0 amide bonds. The summed E-state index contributed by atoms with van der Waals surface area (Å²) in [5, 5.41) is 0.194. The van der Waals surface area contributed by atoms with Gasteiger partial charge >= 0.3 is 0 Å². The highest BCUT2D eigenvalue weighted by atomic mass is 35.5. The number of Topliss-reactive ketones (excluding diaryl/α,β-unsaturated/α-hetero) is 1. The van der Waals surface area contributed by atoms with Gasteiger partial charge in [0.05, 0.1) is 0 Å². The smallest absolute Gasteiger partial charge is 0.167 e. The predicted octanol–water partition coefficient (Wildman–Crippen LogP) is 4.04. The lowest BCUT2D eigenvalue weighted by molar-refractivity contribution is 0.0991. The van der Waals surface area contributed by atoms with Crippen LogP contribution < -0.4 is 0 Å². The normalized spacial score (nSPS) is 10.4. The molecule has 0 unspecified atom stereocenters. The fraction of sp³-hybridized carbons (Fsp3) is 0.0714. The number of benzene rings is 2. The molecule has 0 saturated carbocycles. The van der Waals surface area contributed by atoms with E-state index in [1.165, 1.54) is 36.4 Å². The van der Waals surface area contributed by atoms with E-state index >= 15 is 0 Å². The maximum absolute atomic E-state index is 13.5. The summed E-state index contributed by atoms with van der Waals surface area (Å²) in [6.07, 6.45) is -0.186. The van der Waals surface area contributed by atoms with Crippen molar-refractivity contribution >= 4 is 17.4 Å². The number of halogens is 3. The summed E-state index contributed by atoms with van der Waals surface area (Å²) < 4.78 is 26.5. The van der Waals surface area contributed by atoms with Gasteiger partial charge in [0, 0.05) is 22.6 Å². The average molecular weight is 267 g/mol. The lowest BCUT2D eigenvalue weighted by Gasteiger charge is -2.05. The first-order valence-corrected chi connectivity index (χ1v) is 5.67. The van der Waals surface area contributed by atoms with Crippen LogP contribution in [0.15, 0.2) is 42.5 Å². The van der Waals surface area contributed by atoms with E-state index in [-0.39, 0.29) is 28.4 Å². The SMILES string of the molecule is O=C(Cc1c(F)cccc1Cl)c1cccc(F)c1. The first-order valence-electron chi connectivity index (χ1n) is 5.29. The van der Waals surface area contributed by atoms with Crippen LogP contribution in [0.3, 0.4) is 0 Å². The van der Waals surface area contributed by atoms with Gasteiger partial charge in [-0.25, -0.2) is 8.78 Å². The third kappa shape index (κ3) is 2.74. The van der Waals surface area contributed by atoms with E-state index in [0.29, 0.717) is 0 Å². The van der Waals surface area contributed by atoms with Crippen molar-refractivity contribution in [1.82, 2.24) is 0 Å². The minimum atomic E-state index is -0.535. The first kappa shape index (κ1) is 12.7. The van der Waals surface area contributed by atoms with Crippen molar-refractivity contribution in [3.05, 3.63) is 70.2 Å². The summed E-state index contributed by atoms with van der Waals surface area (Å²) in [5.74, 6) is -1.41. The van der Waals surface area contributed by atoms with Crippen molar-refractivity contribution in [3.63, 3.8) is 0 Å². The molecule has 1 nitrogen and oxygen atoms in total. The van der Waals surface area contributed by atoms with Crippen molar-refractivity contribution in [2.75, 3.05) is 0 Å². The van der Waals surface area contributed by atoms with E-state index in [1.807, 2.05) is 0 Å². The van der Waals surface area contributed by atoms with Crippen LogP contribution in [0.25, 0.3) is 0 Å². The molecular weight excluding hydrogens is 258 g/mol. The molecule has 0 aromatic heterocycles. The highest BCUT2D eigenvalue weighted by Gasteiger charge is 2.13. The number of carbonyl (C=O) groups excluding carboxylic acids is 1. The van der Waals surface area contributed by atoms with Gasteiger partial charge < -0.3 is 0 Å². The Balaban J connectivity index is 2.27. The van der Waals surface area contributed by atoms with Crippen molar-refractivity contribution in [2.24, 2.45) is 0 Å². The summed E-state index contributed by atoms with van der Waals surface area (Å²) >= 11 is 5.83. The Kier molecular flexibility index (Phi) is 3.72. The van der Waals surface area contributed by atoms with E-state index in [4.69, 9.17) is 11.6 Å². The summed E-state index contributed by atoms with van der Waals surface area (Å²) in [4.78, 5) is 11.9. The zero-order valence-electron chi connectivity index (χ0n) is 9.29. The highest BCUT2D eigenvalue weighted by molar-refractivity contribution is 6.31. The van der Waals surface area contributed by atoms with E-state index < -0.39 is 11.6 Å². The minimum Gasteiger partial charge on any atom is -0.294 e. The molecule has 0 heterocycles. The fourth-order valence-electron chi connectivity index (χ4n) is 1.63. The van der Waals surface area contributed by atoms with Gasteiger partial charge in [0.2, 0.25) is 0 Å². The maximum Gasteiger partial charge on any atom is 0.167 e. The number of ketones is 1. The van der Waals surface area contributed by atoms with Gasteiger partial charge in [-0.15, -0.1) is 0 Å². The Morgan fingerprint density at radius 2 is 1.83 bits per heavy atom. The van der Waals surface area contributed by atoms with Crippen molar-refractivity contribution in [2.45, 2.75) is 6.42 Å². The largest absolute Gasteiger partial charge is 0.294 e. The van der Waals surface area contributed by atoms with Gasteiger partial charge in [-0.3, -0.25) is 4.79 Å². The Labute approximate surface area is 108 Å². The molecule has 4 heteroatoms. The fourth-order valence-corrected chi connectivity index (χ4v) is 1.86. The van der Waals surface area contributed by atoms with Gasteiger partial charge in [0.25, 0.3) is 0 Å². The molecule has 0 aliphatic rings. The summed E-state index contributed by atoms with van der Waals surface area (Å²) in [7, 11) is 0. The number of hydrogen-bond donors (Lipinski definition) is 0. The quantitative estimate of drug-likeness (QED) is 0.766. The van der Waals surface area contributed by atoms with E-state index in [1.54, 1.807) is 0 Å². The minimum absolute atomic E-state index is 0.133. The second-order valence-corrected chi connectivity index (χ2v) is 4.22. The van der Waals surface area contributed by atoms with Crippen LogP contribution in [-0.2, 0) is 6.42 Å². The zero-order valence-corrected chi connectivity index (χ0v) is 10.0. The second kappa shape index (κ2) is 5.27. The van der Waals surface area contributed by atoms with Crippen molar-refractivity contribution in [3.8, 4) is 0 Å². The summed E-state index contributed by atoms with van der Waals surface area (Å²) in [5.41, 5.74) is 0.336. The van der Waals surface area contributed by atoms with E-state index in [2.05, 4.69) is 0 Å². The van der Waals surface area contributed by atoms with Gasteiger partial charge in [0.15, 0.2) is 5.78 Å². The van der Waals surface area contributed by atoms with E-state index in [0.717, 1.165) is 6.07 Å². The van der Waals surface area contributed by atoms with Crippen LogP contribution in [0.5, 0.6) is 0 Å². The lowest BCUT2D eigenvalue weighted by Crippen LogP contribution is -2.06. The van der Waals surface area contributed by atoms with Crippen LogP contribution in [-0.4, -0.2) is 5.78 Å². The average Bonchev–Trinajstić information content (AvgIpc) is 2.34. The zero-order chi connectivity index (χ0) is 13.1. The molecule has 0 fully saturated rings. The lowest BCUT2D eigenvalue weighted by atomic mass is 10.0. The van der Waals surface area contributed by atoms with Gasteiger partial charge in [-0.1, -0.05) is 29.8 Å². The highest BCUT2D eigenvalue weighted by Crippen LogP contribution is 2.21. The molecule has 2 aromatic carbocycles. The molecule has 2 rings (SSSR count). The monoisotopic (exact) mass is 266 g/mol. The first-order chi connectivity index (χ1) is 8.58. The van der Waals surface area contributed by atoms with Crippen LogP contribution in [0, 0.1) is 11.6 Å². The maximum atomic E-state index is 13.5. The van der Waals surface area contributed by atoms with Gasteiger partial charge in [-0.2, -0.15) is 0 Å².